The minimum Gasteiger partial charge on any atom is -0.493 e. The Morgan fingerprint density at radius 3 is 2.70 bits per heavy atom. The minimum absolute atomic E-state index is 0.0966. The van der Waals surface area contributed by atoms with E-state index in [0.717, 1.165) is 4.47 Å². The highest BCUT2D eigenvalue weighted by Crippen LogP contribution is 2.42. The number of carbonyl (C=O) groups excluding carboxylic acids is 1. The van der Waals surface area contributed by atoms with E-state index in [9.17, 15) is 9.59 Å². The van der Waals surface area contributed by atoms with Gasteiger partial charge < -0.3 is 9.47 Å². The van der Waals surface area contributed by atoms with Crippen LogP contribution < -0.4 is 15.0 Å². The van der Waals surface area contributed by atoms with Gasteiger partial charge in [-0.25, -0.2) is 4.98 Å². The molecule has 0 bridgehead atoms. The third-order valence-electron chi connectivity index (χ3n) is 4.13. The average molecular weight is 558 g/mol. The Balaban J connectivity index is 2.15. The summed E-state index contributed by atoms with van der Waals surface area (Å²) in [4.78, 5) is 28.9. The largest absolute Gasteiger partial charge is 0.493 e. The molecule has 0 unspecified atom stereocenters. The monoisotopic (exact) mass is 555 g/mol. The van der Waals surface area contributed by atoms with Crippen molar-refractivity contribution in [2.24, 2.45) is 5.10 Å². The van der Waals surface area contributed by atoms with E-state index >= 15 is 0 Å². The van der Waals surface area contributed by atoms with Crippen LogP contribution in [0.15, 0.2) is 43.1 Å². The van der Waals surface area contributed by atoms with Crippen LogP contribution in [0.2, 0.25) is 5.02 Å². The van der Waals surface area contributed by atoms with Gasteiger partial charge in [0.2, 0.25) is 0 Å². The zero-order valence-corrected chi connectivity index (χ0v) is 20.1. The summed E-state index contributed by atoms with van der Waals surface area (Å²) in [5, 5.41) is 4.93. The van der Waals surface area contributed by atoms with Crippen LogP contribution in [0.25, 0.3) is 10.9 Å². The third kappa shape index (κ3) is 4.43. The Labute approximate surface area is 193 Å². The van der Waals surface area contributed by atoms with Gasteiger partial charge in [-0.2, -0.15) is 9.78 Å². The molecule has 156 valence electrons. The summed E-state index contributed by atoms with van der Waals surface area (Å²) >= 11 is 13.1. The second-order valence-electron chi connectivity index (χ2n) is 6.12. The molecule has 3 rings (SSSR count). The van der Waals surface area contributed by atoms with Gasteiger partial charge in [-0.1, -0.05) is 34.5 Å². The highest BCUT2D eigenvalue weighted by molar-refractivity contribution is 9.10. The Kier molecular flexibility index (Phi) is 6.95. The summed E-state index contributed by atoms with van der Waals surface area (Å²) in [7, 11) is 1.43. The number of nitrogens with zero attached hydrogens (tertiary/aromatic N) is 3. The summed E-state index contributed by atoms with van der Waals surface area (Å²) in [5.41, 5.74) is 0.833. The molecule has 0 aliphatic heterocycles. The summed E-state index contributed by atoms with van der Waals surface area (Å²) in [6, 6.07) is 6.92. The Morgan fingerprint density at radius 1 is 1.33 bits per heavy atom. The van der Waals surface area contributed by atoms with E-state index in [-0.39, 0.29) is 22.1 Å². The van der Waals surface area contributed by atoms with Crippen molar-refractivity contribution in [1.29, 1.82) is 0 Å². The number of ether oxygens (including phenoxy) is 2. The quantitative estimate of drug-likeness (QED) is 0.252. The van der Waals surface area contributed by atoms with E-state index in [0.29, 0.717) is 33.2 Å². The van der Waals surface area contributed by atoms with Crippen molar-refractivity contribution in [2.45, 2.75) is 20.3 Å². The molecule has 1 heterocycles. The fourth-order valence-corrected chi connectivity index (χ4v) is 3.75. The third-order valence-corrected chi connectivity index (χ3v) is 6.06. The first kappa shape index (κ1) is 22.5. The van der Waals surface area contributed by atoms with Crippen molar-refractivity contribution < 1.29 is 14.3 Å². The summed E-state index contributed by atoms with van der Waals surface area (Å²) in [5.74, 6) is 0.329. The van der Waals surface area contributed by atoms with Crippen molar-refractivity contribution in [3.8, 4) is 11.5 Å². The smallest absolute Gasteiger partial charge is 0.308 e. The van der Waals surface area contributed by atoms with E-state index in [1.54, 1.807) is 18.2 Å². The molecule has 0 atom stereocenters. The number of methoxy groups -OCH3 is 1. The lowest BCUT2D eigenvalue weighted by molar-refractivity contribution is -0.132. The predicted molar refractivity (Wildman–Crippen MR) is 123 cm³/mol. The molecule has 2 aromatic carbocycles. The Bertz CT molecular complexity index is 1240. The lowest BCUT2D eigenvalue weighted by Gasteiger charge is -2.13. The lowest BCUT2D eigenvalue weighted by atomic mass is 10.2. The van der Waals surface area contributed by atoms with E-state index < -0.39 is 5.97 Å². The summed E-state index contributed by atoms with van der Waals surface area (Å²) in [6.07, 6.45) is 1.97. The van der Waals surface area contributed by atoms with Crippen LogP contribution in [0.1, 0.15) is 25.2 Å². The molecule has 0 amide bonds. The second-order valence-corrected chi connectivity index (χ2v) is 8.21. The van der Waals surface area contributed by atoms with Gasteiger partial charge in [0.25, 0.3) is 5.56 Å². The first-order valence-corrected chi connectivity index (χ1v) is 10.7. The predicted octanol–water partition coefficient (Wildman–Crippen LogP) is 4.95. The van der Waals surface area contributed by atoms with Crippen LogP contribution in [0.5, 0.6) is 11.5 Å². The highest BCUT2D eigenvalue weighted by atomic mass is 79.9. The molecule has 10 heteroatoms. The van der Waals surface area contributed by atoms with Gasteiger partial charge in [0, 0.05) is 27.9 Å². The topological polar surface area (TPSA) is 82.8 Å². The highest BCUT2D eigenvalue weighted by Gasteiger charge is 2.18. The van der Waals surface area contributed by atoms with Gasteiger partial charge in [0.1, 0.15) is 10.8 Å². The zero-order chi connectivity index (χ0) is 22.0. The summed E-state index contributed by atoms with van der Waals surface area (Å²) < 4.78 is 12.9. The maximum atomic E-state index is 13.0. The SMILES string of the molecule is CCc1nc2ccc(Br)cc2c(=O)n1N=Cc1cc(OC)c(OC(C)=O)c(Cl)c1Br. The molecule has 7 nitrogen and oxygen atoms in total. The van der Waals surface area contributed by atoms with Crippen LogP contribution in [-0.4, -0.2) is 29.0 Å². The van der Waals surface area contributed by atoms with Gasteiger partial charge in [0.05, 0.1) is 24.2 Å². The van der Waals surface area contributed by atoms with Crippen LogP contribution in [0.4, 0.5) is 0 Å². The molecular formula is C20H16Br2ClN3O4. The Hall–Kier alpha value is -2.23. The van der Waals surface area contributed by atoms with Crippen molar-refractivity contribution in [3.63, 3.8) is 0 Å². The fourth-order valence-electron chi connectivity index (χ4n) is 2.75. The number of fused-ring (bicyclic) bond motifs is 1. The first-order valence-electron chi connectivity index (χ1n) is 8.76. The Morgan fingerprint density at radius 2 is 2.07 bits per heavy atom. The number of rotatable bonds is 5. The van der Waals surface area contributed by atoms with Gasteiger partial charge in [-0.3, -0.25) is 9.59 Å². The normalized spacial score (nSPS) is 11.3. The molecule has 0 radical (unpaired) electrons. The number of halogens is 3. The minimum atomic E-state index is -0.531. The molecule has 0 saturated carbocycles. The molecule has 3 aromatic rings. The number of hydrogen-bond acceptors (Lipinski definition) is 6. The van der Waals surface area contributed by atoms with E-state index in [2.05, 4.69) is 41.9 Å². The maximum Gasteiger partial charge on any atom is 0.308 e. The van der Waals surface area contributed by atoms with Gasteiger partial charge in [0.15, 0.2) is 11.5 Å². The van der Waals surface area contributed by atoms with Crippen molar-refractivity contribution >= 4 is 66.5 Å². The molecular weight excluding hydrogens is 541 g/mol. The first-order chi connectivity index (χ1) is 14.3. The van der Waals surface area contributed by atoms with Crippen LogP contribution in [0.3, 0.4) is 0 Å². The standard InChI is InChI=1S/C20H16Br2ClN3O4/c1-4-16-25-14-6-5-12(21)8-13(14)20(28)26(16)24-9-11-7-15(29-3)19(30-10(2)27)18(23)17(11)22/h5-9H,4H2,1-3H3. The number of benzene rings is 2. The molecule has 0 aliphatic rings. The number of aromatic nitrogens is 2. The molecule has 0 saturated heterocycles. The number of hydrogen-bond donors (Lipinski definition) is 0. The second kappa shape index (κ2) is 9.28. The number of esters is 1. The van der Waals surface area contributed by atoms with Crippen molar-refractivity contribution in [3.05, 3.63) is 60.0 Å². The van der Waals surface area contributed by atoms with E-state index in [4.69, 9.17) is 21.1 Å². The van der Waals surface area contributed by atoms with Crippen molar-refractivity contribution in [2.75, 3.05) is 7.11 Å². The molecule has 0 spiro atoms. The van der Waals surface area contributed by atoms with Gasteiger partial charge >= 0.3 is 5.97 Å². The number of carbonyl (C=O) groups is 1. The molecule has 1 aromatic heterocycles. The molecule has 30 heavy (non-hydrogen) atoms. The van der Waals surface area contributed by atoms with Crippen LogP contribution in [0, 0.1) is 0 Å². The van der Waals surface area contributed by atoms with E-state index in [1.807, 2.05) is 13.0 Å². The maximum absolute atomic E-state index is 13.0. The van der Waals surface area contributed by atoms with Gasteiger partial charge in [-0.15, -0.1) is 0 Å². The van der Waals surface area contributed by atoms with Crippen molar-refractivity contribution in [1.82, 2.24) is 9.66 Å². The molecule has 0 aliphatic carbocycles. The summed E-state index contributed by atoms with van der Waals surface area (Å²) in [6.45, 7) is 3.16. The number of aryl methyl sites for hydroxylation is 1. The van der Waals surface area contributed by atoms with E-state index in [1.165, 1.54) is 24.9 Å². The molecule has 0 N–H and O–H groups in total. The fraction of sp³-hybridized carbons (Fsp3) is 0.200. The van der Waals surface area contributed by atoms with Gasteiger partial charge in [-0.05, 0) is 40.2 Å². The van der Waals surface area contributed by atoms with Crippen LogP contribution >= 0.6 is 43.5 Å². The zero-order valence-electron chi connectivity index (χ0n) is 16.2. The molecule has 0 fully saturated rings. The lowest BCUT2D eigenvalue weighted by Crippen LogP contribution is -2.22. The van der Waals surface area contributed by atoms with Crippen LogP contribution in [-0.2, 0) is 11.2 Å². The average Bonchev–Trinajstić information content (AvgIpc) is 2.72.